The van der Waals surface area contributed by atoms with Crippen molar-refractivity contribution in [3.05, 3.63) is 65.9 Å². The third-order valence-electron chi connectivity index (χ3n) is 5.45. The molecule has 0 saturated heterocycles. The lowest BCUT2D eigenvalue weighted by molar-refractivity contribution is 0.173. The predicted molar refractivity (Wildman–Crippen MR) is 126 cm³/mol. The van der Waals surface area contributed by atoms with Gasteiger partial charge < -0.3 is 19.7 Å². The normalized spacial score (nSPS) is 11.7. The summed E-state index contributed by atoms with van der Waals surface area (Å²) in [5.74, 6) is 1.77. The van der Waals surface area contributed by atoms with Crippen molar-refractivity contribution in [3.63, 3.8) is 0 Å². The average molecular weight is 437 g/mol. The molecule has 3 rings (SSSR count). The Morgan fingerprint density at radius 1 is 1.09 bits per heavy atom. The molecule has 0 aliphatic rings. The fraction of sp³-hybridized carbons (Fsp3) is 0.360. The van der Waals surface area contributed by atoms with Crippen molar-refractivity contribution >= 4 is 6.03 Å². The van der Waals surface area contributed by atoms with E-state index in [4.69, 9.17) is 14.6 Å². The molecule has 1 unspecified atom stereocenters. The summed E-state index contributed by atoms with van der Waals surface area (Å²) >= 11 is 0. The number of hydrogen-bond donors (Lipinski definition) is 1. The number of ether oxygens (including phenoxy) is 2. The van der Waals surface area contributed by atoms with E-state index in [1.807, 2.05) is 80.3 Å². The molecule has 0 aliphatic carbocycles. The van der Waals surface area contributed by atoms with E-state index in [-0.39, 0.29) is 12.1 Å². The maximum Gasteiger partial charge on any atom is 0.317 e. The first-order chi connectivity index (χ1) is 15.5. The second-order valence-electron chi connectivity index (χ2n) is 7.59. The van der Waals surface area contributed by atoms with Crippen LogP contribution in [-0.4, -0.2) is 40.4 Å². The molecule has 7 nitrogen and oxygen atoms in total. The van der Waals surface area contributed by atoms with Crippen molar-refractivity contribution < 1.29 is 14.3 Å². The van der Waals surface area contributed by atoms with Crippen molar-refractivity contribution in [2.45, 2.75) is 46.7 Å². The molecule has 0 saturated carbocycles. The lowest BCUT2D eigenvalue weighted by atomic mass is 10.1. The summed E-state index contributed by atoms with van der Waals surface area (Å²) < 4.78 is 13.7. The quantitative estimate of drug-likeness (QED) is 0.493. The van der Waals surface area contributed by atoms with Gasteiger partial charge in [-0.1, -0.05) is 37.3 Å². The molecule has 3 aromatic rings. The van der Waals surface area contributed by atoms with Gasteiger partial charge in [0.05, 0.1) is 30.6 Å². The van der Waals surface area contributed by atoms with Gasteiger partial charge in [0.15, 0.2) is 11.5 Å². The Labute approximate surface area is 190 Å². The molecule has 0 spiro atoms. The number of methoxy groups -OCH3 is 1. The fourth-order valence-electron chi connectivity index (χ4n) is 3.45. The van der Waals surface area contributed by atoms with Gasteiger partial charge in [-0.15, -0.1) is 0 Å². The van der Waals surface area contributed by atoms with Crippen LogP contribution in [0.25, 0.3) is 5.69 Å². The summed E-state index contributed by atoms with van der Waals surface area (Å²) in [5, 5.41) is 7.69. The number of carbonyl (C=O) groups is 1. The SMILES string of the molecule is CCNC(=O)N(Cc1c(C)nn(-c2ccccc2)c1Oc1ccccc1OC)C(C)CC. The van der Waals surface area contributed by atoms with E-state index in [2.05, 4.69) is 12.2 Å². The molecule has 2 aromatic carbocycles. The minimum Gasteiger partial charge on any atom is -0.493 e. The van der Waals surface area contributed by atoms with Crippen molar-refractivity contribution in [1.82, 2.24) is 20.0 Å². The number of amides is 2. The van der Waals surface area contributed by atoms with Crippen LogP contribution >= 0.6 is 0 Å². The number of rotatable bonds is 9. The Morgan fingerprint density at radius 2 is 1.75 bits per heavy atom. The summed E-state index contributed by atoms with van der Waals surface area (Å²) in [7, 11) is 1.61. The van der Waals surface area contributed by atoms with E-state index in [1.54, 1.807) is 11.8 Å². The van der Waals surface area contributed by atoms with Crippen molar-refractivity contribution in [2.24, 2.45) is 0 Å². The molecule has 170 valence electrons. The Bertz CT molecular complexity index is 1030. The number of aromatic nitrogens is 2. The van der Waals surface area contributed by atoms with E-state index in [1.165, 1.54) is 0 Å². The Balaban J connectivity index is 2.10. The molecule has 7 heteroatoms. The van der Waals surface area contributed by atoms with Gasteiger partial charge in [0.2, 0.25) is 5.88 Å². The van der Waals surface area contributed by atoms with Crippen LogP contribution in [0, 0.1) is 6.92 Å². The number of nitrogens with zero attached hydrogens (tertiary/aromatic N) is 3. The lowest BCUT2D eigenvalue weighted by Gasteiger charge is -2.29. The topological polar surface area (TPSA) is 68.6 Å². The number of para-hydroxylation sites is 3. The van der Waals surface area contributed by atoms with Gasteiger partial charge in [-0.05, 0) is 51.5 Å². The maximum absolute atomic E-state index is 12.8. The molecule has 0 radical (unpaired) electrons. The Kier molecular flexibility index (Phi) is 7.76. The minimum atomic E-state index is -0.100. The summed E-state index contributed by atoms with van der Waals surface area (Å²) in [4.78, 5) is 14.7. The standard InChI is InChI=1S/C25H32N4O3/c1-6-18(3)28(25(30)26-7-2)17-21-19(4)27-29(20-13-9-8-10-14-20)24(21)32-23-16-12-11-15-22(23)31-5/h8-16,18H,6-7,17H2,1-5H3,(H,26,30). The molecule has 0 bridgehead atoms. The third-order valence-corrected chi connectivity index (χ3v) is 5.45. The van der Waals surface area contributed by atoms with E-state index in [0.717, 1.165) is 23.4 Å². The number of urea groups is 1. The van der Waals surface area contributed by atoms with Gasteiger partial charge in [-0.2, -0.15) is 5.10 Å². The van der Waals surface area contributed by atoms with Crippen molar-refractivity contribution in [1.29, 1.82) is 0 Å². The van der Waals surface area contributed by atoms with E-state index in [9.17, 15) is 4.79 Å². The van der Waals surface area contributed by atoms with E-state index < -0.39 is 0 Å². The predicted octanol–water partition coefficient (Wildman–Crippen LogP) is 5.31. The van der Waals surface area contributed by atoms with Crippen LogP contribution in [0.5, 0.6) is 17.4 Å². The molecular formula is C25H32N4O3. The molecular weight excluding hydrogens is 404 g/mol. The molecule has 1 heterocycles. The second kappa shape index (κ2) is 10.7. The van der Waals surface area contributed by atoms with Gasteiger partial charge in [-0.3, -0.25) is 0 Å². The third kappa shape index (κ3) is 5.04. The molecule has 1 atom stereocenters. The van der Waals surface area contributed by atoms with E-state index in [0.29, 0.717) is 30.5 Å². The van der Waals surface area contributed by atoms with Crippen molar-refractivity contribution in [2.75, 3.05) is 13.7 Å². The number of benzene rings is 2. The highest BCUT2D eigenvalue weighted by Gasteiger charge is 2.26. The van der Waals surface area contributed by atoms with Gasteiger partial charge in [0, 0.05) is 12.6 Å². The molecule has 0 fully saturated rings. The number of aryl methyl sites for hydroxylation is 1. The van der Waals surface area contributed by atoms with Gasteiger partial charge >= 0.3 is 6.03 Å². The molecule has 2 amide bonds. The monoisotopic (exact) mass is 436 g/mol. The first-order valence-corrected chi connectivity index (χ1v) is 11.0. The van der Waals surface area contributed by atoms with Crippen LogP contribution in [0.3, 0.4) is 0 Å². The van der Waals surface area contributed by atoms with Crippen LogP contribution in [0.2, 0.25) is 0 Å². The summed E-state index contributed by atoms with van der Waals surface area (Å²) in [5.41, 5.74) is 2.53. The zero-order chi connectivity index (χ0) is 23.1. The molecule has 32 heavy (non-hydrogen) atoms. The van der Waals surface area contributed by atoms with Gasteiger partial charge in [-0.25, -0.2) is 9.48 Å². The highest BCUT2D eigenvalue weighted by atomic mass is 16.5. The zero-order valence-electron chi connectivity index (χ0n) is 19.5. The zero-order valence-corrected chi connectivity index (χ0v) is 19.5. The van der Waals surface area contributed by atoms with Gasteiger partial charge in [0.25, 0.3) is 0 Å². The molecule has 1 aromatic heterocycles. The maximum atomic E-state index is 12.8. The van der Waals surface area contributed by atoms with Crippen LogP contribution in [0.4, 0.5) is 4.79 Å². The number of carbonyl (C=O) groups excluding carboxylic acids is 1. The van der Waals surface area contributed by atoms with Crippen LogP contribution in [0.15, 0.2) is 54.6 Å². The smallest absolute Gasteiger partial charge is 0.317 e. The van der Waals surface area contributed by atoms with Crippen LogP contribution in [0.1, 0.15) is 38.4 Å². The minimum absolute atomic E-state index is 0.0557. The first kappa shape index (κ1) is 23.2. The highest BCUT2D eigenvalue weighted by molar-refractivity contribution is 5.74. The van der Waals surface area contributed by atoms with E-state index >= 15 is 0 Å². The number of hydrogen-bond acceptors (Lipinski definition) is 4. The largest absolute Gasteiger partial charge is 0.493 e. The van der Waals surface area contributed by atoms with Crippen LogP contribution in [-0.2, 0) is 6.54 Å². The summed E-state index contributed by atoms with van der Waals surface area (Å²) in [6, 6.07) is 17.3. The van der Waals surface area contributed by atoms with Crippen molar-refractivity contribution in [3.8, 4) is 23.1 Å². The average Bonchev–Trinajstić information content (AvgIpc) is 3.12. The molecule has 1 N–H and O–H groups in total. The Morgan fingerprint density at radius 3 is 2.38 bits per heavy atom. The summed E-state index contributed by atoms with van der Waals surface area (Å²) in [6.45, 7) is 8.93. The second-order valence-corrected chi connectivity index (χ2v) is 7.59. The first-order valence-electron chi connectivity index (χ1n) is 11.0. The number of nitrogens with one attached hydrogen (secondary N) is 1. The highest BCUT2D eigenvalue weighted by Crippen LogP contribution is 2.36. The van der Waals surface area contributed by atoms with Crippen LogP contribution < -0.4 is 14.8 Å². The lowest BCUT2D eigenvalue weighted by Crippen LogP contribution is -2.44. The Hall–Kier alpha value is -3.48. The molecule has 0 aliphatic heterocycles. The fourth-order valence-corrected chi connectivity index (χ4v) is 3.45. The van der Waals surface area contributed by atoms with Gasteiger partial charge in [0.1, 0.15) is 0 Å². The summed E-state index contributed by atoms with van der Waals surface area (Å²) in [6.07, 6.45) is 0.839.